The zero-order valence-corrected chi connectivity index (χ0v) is 18.9. The van der Waals surface area contributed by atoms with E-state index in [1.54, 1.807) is 0 Å². The topological polar surface area (TPSA) is 59.7 Å². The molecule has 4 aromatic rings. The molecule has 0 amide bonds. The lowest BCUT2D eigenvalue weighted by molar-refractivity contribution is 0.668. The third kappa shape index (κ3) is 5.51. The average molecular weight is 451 g/mol. The standard InChI is InChI=1S/C23H23ClN6S/c1-16-5-3-4-6-19(16)15-29-12-11-21(27-29)25-23(31)26-22-13-17(2)30(28-22)14-18-7-9-20(24)10-8-18/h3-13H,14-15H2,1-2H3,(H2,25,26,27,28,31). The number of thiocarbonyl (C=S) groups is 1. The van der Waals surface area contributed by atoms with Gasteiger partial charge in [-0.3, -0.25) is 9.36 Å². The molecule has 4 rings (SSSR count). The summed E-state index contributed by atoms with van der Waals surface area (Å²) >= 11 is 11.4. The van der Waals surface area contributed by atoms with E-state index >= 15 is 0 Å². The van der Waals surface area contributed by atoms with E-state index in [0.717, 1.165) is 16.3 Å². The number of aryl methyl sites for hydroxylation is 2. The number of benzene rings is 2. The van der Waals surface area contributed by atoms with Crippen molar-refractivity contribution in [3.05, 3.63) is 94.3 Å². The SMILES string of the molecule is Cc1ccccc1Cn1ccc(NC(=S)Nc2cc(C)n(Cc3ccc(Cl)cc3)n2)n1. The van der Waals surface area contributed by atoms with E-state index in [1.165, 1.54) is 11.1 Å². The summed E-state index contributed by atoms with van der Waals surface area (Å²) in [5, 5.41) is 16.6. The van der Waals surface area contributed by atoms with Gasteiger partial charge in [0.15, 0.2) is 16.7 Å². The van der Waals surface area contributed by atoms with Crippen LogP contribution in [0.4, 0.5) is 11.6 Å². The Bertz CT molecular complexity index is 1200. The minimum atomic E-state index is 0.442. The van der Waals surface area contributed by atoms with Crippen LogP contribution in [0.2, 0.25) is 5.02 Å². The van der Waals surface area contributed by atoms with E-state index < -0.39 is 0 Å². The van der Waals surface area contributed by atoms with Gasteiger partial charge in [0.25, 0.3) is 0 Å². The summed E-state index contributed by atoms with van der Waals surface area (Å²) in [6, 6.07) is 19.9. The van der Waals surface area contributed by atoms with Crippen molar-refractivity contribution in [2.75, 3.05) is 10.6 Å². The van der Waals surface area contributed by atoms with Crippen LogP contribution in [0.3, 0.4) is 0 Å². The van der Waals surface area contributed by atoms with Gasteiger partial charge in [-0.2, -0.15) is 10.2 Å². The molecule has 0 aliphatic rings. The fourth-order valence-electron chi connectivity index (χ4n) is 3.24. The second-order valence-electron chi connectivity index (χ2n) is 7.36. The highest BCUT2D eigenvalue weighted by atomic mass is 35.5. The summed E-state index contributed by atoms with van der Waals surface area (Å²) in [6.45, 7) is 5.49. The molecule has 0 spiro atoms. The molecule has 0 atom stereocenters. The monoisotopic (exact) mass is 450 g/mol. The first-order valence-corrected chi connectivity index (χ1v) is 10.7. The second kappa shape index (κ2) is 9.32. The van der Waals surface area contributed by atoms with Crippen LogP contribution < -0.4 is 10.6 Å². The third-order valence-corrected chi connectivity index (χ3v) is 5.40. The van der Waals surface area contributed by atoms with E-state index in [1.807, 2.05) is 71.0 Å². The molecule has 0 saturated heterocycles. The normalized spacial score (nSPS) is 10.8. The van der Waals surface area contributed by atoms with Gasteiger partial charge in [0.2, 0.25) is 0 Å². The van der Waals surface area contributed by atoms with Gasteiger partial charge in [-0.1, -0.05) is 48.0 Å². The maximum Gasteiger partial charge on any atom is 0.177 e. The van der Waals surface area contributed by atoms with E-state index in [2.05, 4.69) is 39.9 Å². The van der Waals surface area contributed by atoms with Crippen molar-refractivity contribution in [1.82, 2.24) is 19.6 Å². The zero-order valence-electron chi connectivity index (χ0n) is 17.3. The first kappa shape index (κ1) is 21.1. The molecule has 2 heterocycles. The Balaban J connectivity index is 1.35. The first-order chi connectivity index (χ1) is 15.0. The van der Waals surface area contributed by atoms with Crippen LogP contribution in [0.5, 0.6) is 0 Å². The molecule has 158 valence electrons. The lowest BCUT2D eigenvalue weighted by atomic mass is 10.1. The van der Waals surface area contributed by atoms with Crippen molar-refractivity contribution in [3.8, 4) is 0 Å². The Morgan fingerprint density at radius 2 is 1.68 bits per heavy atom. The molecule has 2 aromatic heterocycles. The molecule has 0 aliphatic heterocycles. The minimum absolute atomic E-state index is 0.442. The predicted molar refractivity (Wildman–Crippen MR) is 130 cm³/mol. The second-order valence-corrected chi connectivity index (χ2v) is 8.20. The highest BCUT2D eigenvalue weighted by molar-refractivity contribution is 7.80. The van der Waals surface area contributed by atoms with Gasteiger partial charge < -0.3 is 10.6 Å². The average Bonchev–Trinajstić information content (AvgIpc) is 3.31. The van der Waals surface area contributed by atoms with Crippen LogP contribution in [0.1, 0.15) is 22.4 Å². The molecule has 0 unspecified atom stereocenters. The fourth-order valence-corrected chi connectivity index (χ4v) is 3.57. The molecule has 0 saturated carbocycles. The van der Waals surface area contributed by atoms with Crippen LogP contribution in [0.15, 0.2) is 66.9 Å². The van der Waals surface area contributed by atoms with E-state index in [9.17, 15) is 0 Å². The molecule has 0 bridgehead atoms. The molecule has 8 heteroatoms. The molecule has 0 radical (unpaired) electrons. The summed E-state index contributed by atoms with van der Waals surface area (Å²) in [5.74, 6) is 1.37. The lowest BCUT2D eigenvalue weighted by Gasteiger charge is -2.07. The zero-order chi connectivity index (χ0) is 21.8. The number of rotatable bonds is 6. The maximum atomic E-state index is 5.96. The van der Waals surface area contributed by atoms with Crippen LogP contribution in [-0.2, 0) is 13.1 Å². The first-order valence-electron chi connectivity index (χ1n) is 9.91. The van der Waals surface area contributed by atoms with Crippen molar-refractivity contribution in [2.24, 2.45) is 0 Å². The Morgan fingerprint density at radius 1 is 0.935 bits per heavy atom. The summed E-state index contributed by atoms with van der Waals surface area (Å²) < 4.78 is 3.81. The van der Waals surface area contributed by atoms with Crippen LogP contribution in [0, 0.1) is 13.8 Å². The van der Waals surface area contributed by atoms with Gasteiger partial charge in [0, 0.05) is 29.0 Å². The Hall–Kier alpha value is -3.16. The van der Waals surface area contributed by atoms with E-state index in [-0.39, 0.29) is 0 Å². The van der Waals surface area contributed by atoms with Crippen LogP contribution in [-0.4, -0.2) is 24.7 Å². The summed E-state index contributed by atoms with van der Waals surface area (Å²) in [7, 11) is 0. The lowest BCUT2D eigenvalue weighted by Crippen LogP contribution is -2.20. The van der Waals surface area contributed by atoms with Crippen LogP contribution >= 0.6 is 23.8 Å². The third-order valence-electron chi connectivity index (χ3n) is 4.94. The van der Waals surface area contributed by atoms with Crippen LogP contribution in [0.25, 0.3) is 0 Å². The maximum absolute atomic E-state index is 5.96. The molecule has 0 fully saturated rings. The smallest absolute Gasteiger partial charge is 0.177 e. The Labute approximate surface area is 191 Å². The summed E-state index contributed by atoms with van der Waals surface area (Å²) in [6.07, 6.45) is 1.93. The van der Waals surface area contributed by atoms with E-state index in [0.29, 0.717) is 29.8 Å². The number of aromatic nitrogens is 4. The highest BCUT2D eigenvalue weighted by Crippen LogP contribution is 2.15. The number of anilines is 2. The number of nitrogens with one attached hydrogen (secondary N) is 2. The number of hydrogen-bond donors (Lipinski definition) is 2. The molecule has 2 aromatic carbocycles. The van der Waals surface area contributed by atoms with Crippen molar-refractivity contribution in [2.45, 2.75) is 26.9 Å². The number of hydrogen-bond acceptors (Lipinski definition) is 3. The van der Waals surface area contributed by atoms with Crippen molar-refractivity contribution < 1.29 is 0 Å². The van der Waals surface area contributed by atoms with Crippen molar-refractivity contribution >= 4 is 40.6 Å². The summed E-state index contributed by atoms with van der Waals surface area (Å²) in [4.78, 5) is 0. The quantitative estimate of drug-likeness (QED) is 0.392. The minimum Gasteiger partial charge on any atom is -0.316 e. The Morgan fingerprint density at radius 3 is 2.45 bits per heavy atom. The van der Waals surface area contributed by atoms with Gasteiger partial charge in [0.05, 0.1) is 13.1 Å². The molecule has 6 nitrogen and oxygen atoms in total. The van der Waals surface area contributed by atoms with Crippen molar-refractivity contribution in [3.63, 3.8) is 0 Å². The molecular weight excluding hydrogens is 428 g/mol. The van der Waals surface area contributed by atoms with Crippen molar-refractivity contribution in [1.29, 1.82) is 0 Å². The number of halogens is 1. The van der Waals surface area contributed by atoms with Gasteiger partial charge >= 0.3 is 0 Å². The van der Waals surface area contributed by atoms with Gasteiger partial charge in [-0.25, -0.2) is 0 Å². The van der Waals surface area contributed by atoms with E-state index in [4.69, 9.17) is 23.8 Å². The highest BCUT2D eigenvalue weighted by Gasteiger charge is 2.08. The molecule has 0 aliphatic carbocycles. The molecule has 2 N–H and O–H groups in total. The van der Waals surface area contributed by atoms with Gasteiger partial charge in [-0.05, 0) is 54.9 Å². The predicted octanol–water partition coefficient (Wildman–Crippen LogP) is 5.26. The number of nitrogens with zero attached hydrogens (tertiary/aromatic N) is 4. The summed E-state index contributed by atoms with van der Waals surface area (Å²) in [5.41, 5.74) is 4.64. The fraction of sp³-hybridized carbons (Fsp3) is 0.174. The molecule has 31 heavy (non-hydrogen) atoms. The molecular formula is C23H23ClN6S. The van der Waals surface area contributed by atoms with Gasteiger partial charge in [0.1, 0.15) is 0 Å². The Kier molecular flexibility index (Phi) is 6.34. The largest absolute Gasteiger partial charge is 0.316 e. The van der Waals surface area contributed by atoms with Gasteiger partial charge in [-0.15, -0.1) is 0 Å².